The molecule has 6 nitrogen and oxygen atoms in total. The van der Waals surface area contributed by atoms with Crippen molar-refractivity contribution < 1.29 is 4.79 Å². The highest BCUT2D eigenvalue weighted by molar-refractivity contribution is 5.75. The number of nitrogens with zero attached hydrogens (tertiary/aromatic N) is 4. The lowest BCUT2D eigenvalue weighted by Crippen LogP contribution is -2.38. The summed E-state index contributed by atoms with van der Waals surface area (Å²) in [5.74, 6) is 0.0483. The zero-order valence-electron chi connectivity index (χ0n) is 10.8. The Bertz CT molecular complexity index is 358. The Morgan fingerprint density at radius 2 is 2.18 bits per heavy atom. The molecule has 0 radical (unpaired) electrons. The molecule has 1 aromatic heterocycles. The largest absolute Gasteiger partial charge is 0.341 e. The molecule has 0 spiro atoms. The van der Waals surface area contributed by atoms with Crippen molar-refractivity contribution >= 4 is 5.91 Å². The average Bonchev–Trinajstić information content (AvgIpc) is 2.78. The van der Waals surface area contributed by atoms with Gasteiger partial charge in [0.2, 0.25) is 5.91 Å². The summed E-state index contributed by atoms with van der Waals surface area (Å²) >= 11 is 0. The van der Waals surface area contributed by atoms with Gasteiger partial charge >= 0.3 is 0 Å². The Balaban J connectivity index is 2.59. The minimum atomic E-state index is 0.0483. The molecule has 0 fully saturated rings. The molecule has 2 N–H and O–H groups in total. The van der Waals surface area contributed by atoms with Gasteiger partial charge in [0, 0.05) is 19.6 Å². The van der Waals surface area contributed by atoms with E-state index in [1.54, 1.807) is 11.1 Å². The molecular weight excluding hydrogens is 218 g/mol. The first kappa shape index (κ1) is 13.6. The minimum absolute atomic E-state index is 0.0483. The summed E-state index contributed by atoms with van der Waals surface area (Å²) in [4.78, 5) is 13.8. The molecule has 1 amide bonds. The monoisotopic (exact) mass is 239 g/mol. The van der Waals surface area contributed by atoms with Crippen molar-refractivity contribution in [3.63, 3.8) is 0 Å². The Morgan fingerprint density at radius 1 is 1.53 bits per heavy atom. The average molecular weight is 239 g/mol. The molecule has 0 unspecified atom stereocenters. The molecule has 6 heteroatoms. The highest BCUT2D eigenvalue weighted by atomic mass is 16.2. The molecule has 1 heterocycles. The number of rotatable bonds is 6. The van der Waals surface area contributed by atoms with Crippen LogP contribution >= 0.6 is 0 Å². The fourth-order valence-electron chi connectivity index (χ4n) is 1.80. The van der Waals surface area contributed by atoms with Gasteiger partial charge in [0.05, 0.1) is 11.9 Å². The van der Waals surface area contributed by atoms with Gasteiger partial charge < -0.3 is 10.6 Å². The van der Waals surface area contributed by atoms with Crippen LogP contribution in [0.5, 0.6) is 0 Å². The van der Waals surface area contributed by atoms with Crippen LogP contribution in [0.25, 0.3) is 0 Å². The van der Waals surface area contributed by atoms with E-state index in [0.717, 1.165) is 12.8 Å². The zero-order chi connectivity index (χ0) is 12.8. The number of carbonyl (C=O) groups is 1. The molecule has 96 valence electrons. The number of aromatic nitrogens is 3. The van der Waals surface area contributed by atoms with Gasteiger partial charge in [-0.15, -0.1) is 5.10 Å². The van der Waals surface area contributed by atoms with Gasteiger partial charge in [-0.25, -0.2) is 4.68 Å². The van der Waals surface area contributed by atoms with Crippen LogP contribution in [0.4, 0.5) is 0 Å². The second-order valence-corrected chi connectivity index (χ2v) is 4.09. The lowest BCUT2D eigenvalue weighted by atomic mass is 10.1. The van der Waals surface area contributed by atoms with Gasteiger partial charge in [0.15, 0.2) is 0 Å². The third kappa shape index (κ3) is 3.52. The van der Waals surface area contributed by atoms with Crippen LogP contribution in [0.15, 0.2) is 6.20 Å². The molecular formula is C11H21N5O. The smallest absolute Gasteiger partial charge is 0.244 e. The molecule has 0 atom stereocenters. The van der Waals surface area contributed by atoms with Crippen LogP contribution in [0.1, 0.15) is 32.4 Å². The second-order valence-electron chi connectivity index (χ2n) is 4.09. The Morgan fingerprint density at radius 3 is 2.65 bits per heavy atom. The van der Waals surface area contributed by atoms with E-state index in [1.807, 2.05) is 7.05 Å². The molecule has 0 aliphatic carbocycles. The van der Waals surface area contributed by atoms with Gasteiger partial charge in [-0.2, -0.15) is 0 Å². The SMILES string of the molecule is CCC(CC)N(C)C(=O)Cn1cc(CN)nn1. The number of likely N-dealkylation sites (N-methyl/N-ethyl adjacent to an activating group) is 1. The van der Waals surface area contributed by atoms with E-state index in [1.165, 1.54) is 4.68 Å². The van der Waals surface area contributed by atoms with Gasteiger partial charge in [0.1, 0.15) is 6.54 Å². The van der Waals surface area contributed by atoms with Crippen molar-refractivity contribution in [2.24, 2.45) is 5.73 Å². The molecule has 17 heavy (non-hydrogen) atoms. The Labute approximate surface area is 102 Å². The maximum absolute atomic E-state index is 12.0. The molecule has 0 saturated heterocycles. The van der Waals surface area contributed by atoms with E-state index in [2.05, 4.69) is 24.2 Å². The van der Waals surface area contributed by atoms with Crippen molar-refractivity contribution in [3.05, 3.63) is 11.9 Å². The number of hydrogen-bond acceptors (Lipinski definition) is 4. The fraction of sp³-hybridized carbons (Fsp3) is 0.727. The highest BCUT2D eigenvalue weighted by Crippen LogP contribution is 2.07. The van der Waals surface area contributed by atoms with Crippen molar-refractivity contribution in [1.82, 2.24) is 19.9 Å². The maximum Gasteiger partial charge on any atom is 0.244 e. The van der Waals surface area contributed by atoms with E-state index in [-0.39, 0.29) is 12.5 Å². The summed E-state index contributed by atoms with van der Waals surface area (Å²) in [6.07, 6.45) is 3.63. The van der Waals surface area contributed by atoms with Crippen molar-refractivity contribution in [2.75, 3.05) is 7.05 Å². The molecule has 0 saturated carbocycles. The van der Waals surface area contributed by atoms with E-state index >= 15 is 0 Å². The summed E-state index contributed by atoms with van der Waals surface area (Å²) in [5.41, 5.74) is 6.13. The molecule has 1 aromatic rings. The van der Waals surface area contributed by atoms with Crippen molar-refractivity contribution in [1.29, 1.82) is 0 Å². The topological polar surface area (TPSA) is 77.0 Å². The molecule has 0 aliphatic heterocycles. The standard InChI is InChI=1S/C11H21N5O/c1-4-10(5-2)15(3)11(17)8-16-7-9(6-12)13-14-16/h7,10H,4-6,8,12H2,1-3H3. The van der Waals surface area contributed by atoms with Gasteiger partial charge in [-0.1, -0.05) is 19.1 Å². The predicted molar refractivity (Wildman–Crippen MR) is 65.1 cm³/mol. The Hall–Kier alpha value is -1.43. The van der Waals surface area contributed by atoms with Crippen LogP contribution in [0, 0.1) is 0 Å². The van der Waals surface area contributed by atoms with Crippen LogP contribution in [-0.4, -0.2) is 38.9 Å². The zero-order valence-corrected chi connectivity index (χ0v) is 10.8. The first-order valence-corrected chi connectivity index (χ1v) is 5.97. The second kappa shape index (κ2) is 6.34. The number of hydrogen-bond donors (Lipinski definition) is 1. The van der Waals surface area contributed by atoms with Crippen LogP contribution in [0.2, 0.25) is 0 Å². The van der Waals surface area contributed by atoms with E-state index in [0.29, 0.717) is 18.3 Å². The van der Waals surface area contributed by atoms with E-state index in [4.69, 9.17) is 5.73 Å². The van der Waals surface area contributed by atoms with Crippen molar-refractivity contribution in [2.45, 2.75) is 45.8 Å². The summed E-state index contributed by atoms with van der Waals surface area (Å²) in [7, 11) is 1.83. The van der Waals surface area contributed by atoms with E-state index in [9.17, 15) is 4.79 Å². The van der Waals surface area contributed by atoms with Gasteiger partial charge in [0.25, 0.3) is 0 Å². The van der Waals surface area contributed by atoms with Gasteiger partial charge in [-0.3, -0.25) is 4.79 Å². The first-order chi connectivity index (χ1) is 8.12. The lowest BCUT2D eigenvalue weighted by Gasteiger charge is -2.26. The maximum atomic E-state index is 12.0. The predicted octanol–water partition coefficient (Wildman–Crippen LogP) is 0.384. The minimum Gasteiger partial charge on any atom is -0.341 e. The normalized spacial score (nSPS) is 10.9. The lowest BCUT2D eigenvalue weighted by molar-refractivity contribution is -0.133. The highest BCUT2D eigenvalue weighted by Gasteiger charge is 2.17. The molecule has 0 bridgehead atoms. The number of nitrogens with two attached hydrogens (primary N) is 1. The summed E-state index contributed by atoms with van der Waals surface area (Å²) < 4.78 is 1.53. The molecule has 1 rings (SSSR count). The fourth-order valence-corrected chi connectivity index (χ4v) is 1.80. The van der Waals surface area contributed by atoms with Crippen LogP contribution in [-0.2, 0) is 17.9 Å². The van der Waals surface area contributed by atoms with Crippen molar-refractivity contribution in [3.8, 4) is 0 Å². The quantitative estimate of drug-likeness (QED) is 0.778. The molecule has 0 aliphatic rings. The summed E-state index contributed by atoms with van der Waals surface area (Å²) in [5, 5.41) is 7.71. The van der Waals surface area contributed by atoms with Crippen LogP contribution in [0.3, 0.4) is 0 Å². The number of amides is 1. The molecule has 0 aromatic carbocycles. The Kier molecular flexibility index (Phi) is 5.09. The first-order valence-electron chi connectivity index (χ1n) is 5.97. The third-order valence-corrected chi connectivity index (χ3v) is 2.98. The number of carbonyl (C=O) groups excluding carboxylic acids is 1. The van der Waals surface area contributed by atoms with Gasteiger partial charge in [-0.05, 0) is 12.8 Å². The summed E-state index contributed by atoms with van der Waals surface area (Å²) in [6, 6.07) is 0.292. The van der Waals surface area contributed by atoms with E-state index < -0.39 is 0 Å². The third-order valence-electron chi connectivity index (χ3n) is 2.98. The van der Waals surface area contributed by atoms with Crippen LogP contribution < -0.4 is 5.73 Å². The summed E-state index contributed by atoms with van der Waals surface area (Å²) in [6.45, 7) is 4.73.